The standard InChI is InChI=1S/C63H76N4O5/c1-39-33-45(37-60(3,4)35-39)66-57(70)54(58(71)67(59(66)72)46-34-40(2)36-61(5,6)38-46)53-43(23-27-51-62(7,8)55-47-17-13-11-15-41(47)21-25-49(55)64(51)29-31-68)19-20-44(53)24-28-52-63(9,10)56-48-18-14-12-16-42(48)22-26-50(56)65(52)30-32-69/h11-18,21-28,39-40,45-46,68-69H,19-20,29-38H2,1-10H3/b43-23+,44-24+,51-27+,52-28+. The summed E-state index contributed by atoms with van der Waals surface area (Å²) >= 11 is 0. The Hall–Kier alpha value is -5.77. The number of aliphatic hydroxyl groups excluding tert-OH is 2. The summed E-state index contributed by atoms with van der Waals surface area (Å²) < 4.78 is 0. The van der Waals surface area contributed by atoms with E-state index in [1.54, 1.807) is 0 Å². The fourth-order valence-corrected chi connectivity index (χ4v) is 15.0. The lowest BCUT2D eigenvalue weighted by Gasteiger charge is -2.49. The van der Waals surface area contributed by atoms with Crippen LogP contribution in [0.5, 0.6) is 0 Å². The first kappa shape index (κ1) is 49.8. The molecule has 0 spiro atoms. The number of imide groups is 2. The molecule has 4 fully saturated rings. The van der Waals surface area contributed by atoms with Crippen LogP contribution in [0.2, 0.25) is 0 Å². The van der Waals surface area contributed by atoms with Gasteiger partial charge in [-0.3, -0.25) is 19.4 Å². The third-order valence-corrected chi connectivity index (χ3v) is 17.3. The number of aliphatic hydroxyl groups is 2. The Morgan fingerprint density at radius 1 is 0.528 bits per heavy atom. The van der Waals surface area contributed by atoms with Gasteiger partial charge in [0.25, 0.3) is 11.8 Å². The van der Waals surface area contributed by atoms with Crippen LogP contribution in [-0.4, -0.2) is 76.2 Å². The van der Waals surface area contributed by atoms with Gasteiger partial charge in [0, 0.05) is 58.8 Å². The van der Waals surface area contributed by atoms with Crippen molar-refractivity contribution in [2.24, 2.45) is 22.7 Å². The molecule has 4 amide bonds. The van der Waals surface area contributed by atoms with E-state index in [1.165, 1.54) is 31.7 Å². The van der Waals surface area contributed by atoms with Gasteiger partial charge in [-0.05, 0) is 148 Å². The number of hydrogen-bond donors (Lipinski definition) is 2. The molecular formula is C63H76N4O5. The molecular weight excluding hydrogens is 893 g/mol. The van der Waals surface area contributed by atoms with E-state index in [4.69, 9.17) is 0 Å². The van der Waals surface area contributed by atoms with Gasteiger partial charge in [-0.2, -0.15) is 0 Å². The number of allylic oxidation sites excluding steroid dienone is 9. The third-order valence-electron chi connectivity index (χ3n) is 17.3. The first-order valence-corrected chi connectivity index (χ1v) is 26.8. The number of carbonyl (C=O) groups excluding carboxylic acids is 3. The molecule has 0 aromatic heterocycles. The zero-order valence-electron chi connectivity index (χ0n) is 44.4. The molecule has 9 nitrogen and oxygen atoms in total. The first-order valence-electron chi connectivity index (χ1n) is 26.8. The molecule has 4 unspecified atom stereocenters. The summed E-state index contributed by atoms with van der Waals surface area (Å²) in [4.78, 5) is 54.5. The molecule has 1 saturated heterocycles. The Labute approximate surface area is 427 Å². The summed E-state index contributed by atoms with van der Waals surface area (Å²) in [6.45, 7) is 23.1. The molecule has 3 saturated carbocycles. The largest absolute Gasteiger partial charge is 0.395 e. The summed E-state index contributed by atoms with van der Waals surface area (Å²) in [5.41, 5.74) is 7.93. The molecule has 3 heterocycles. The van der Waals surface area contributed by atoms with Crippen LogP contribution in [0.15, 0.2) is 131 Å². The average molecular weight is 969 g/mol. The van der Waals surface area contributed by atoms with Crippen molar-refractivity contribution in [1.82, 2.24) is 9.80 Å². The Bertz CT molecular complexity index is 2850. The van der Waals surface area contributed by atoms with Crippen LogP contribution in [-0.2, 0) is 20.4 Å². The van der Waals surface area contributed by atoms with E-state index in [-0.39, 0.29) is 41.7 Å². The molecule has 10 rings (SSSR count). The molecule has 2 N–H and O–H groups in total. The van der Waals surface area contributed by atoms with E-state index < -0.39 is 28.7 Å². The lowest BCUT2D eigenvalue weighted by molar-refractivity contribution is -0.141. The molecule has 4 aromatic rings. The maximum Gasteiger partial charge on any atom is 0.334 e. The molecule has 0 radical (unpaired) electrons. The van der Waals surface area contributed by atoms with E-state index >= 15 is 14.4 Å². The summed E-state index contributed by atoms with van der Waals surface area (Å²) in [6.07, 6.45) is 14.4. The van der Waals surface area contributed by atoms with Crippen molar-refractivity contribution in [1.29, 1.82) is 0 Å². The zero-order chi connectivity index (χ0) is 51.2. The maximum atomic E-state index is 15.9. The van der Waals surface area contributed by atoms with Crippen LogP contribution in [0.4, 0.5) is 16.2 Å². The number of β-amino-alcohol motifs (C(OH)–C–C–N with tert-alkyl or cyclic N) is 2. The number of benzene rings is 4. The SMILES string of the molecule is CC1CC(N2C(=O)C(=C3/C(=C/C=C4/N(CCO)c5ccc6ccccc6c5C4(C)C)CC/C3=C\C=C3\N(CCO)c4ccc5ccccc5c4C3(C)C)C(=O)N(C3CC(C)CC(C)(C)C3)C2=O)CC(C)(C)C1. The zero-order valence-corrected chi connectivity index (χ0v) is 44.4. The van der Waals surface area contributed by atoms with Gasteiger partial charge in [0.15, 0.2) is 0 Å². The summed E-state index contributed by atoms with van der Waals surface area (Å²) in [5, 5.41) is 25.7. The highest BCUT2D eigenvalue weighted by atomic mass is 16.3. The number of rotatable bonds is 8. The quantitative estimate of drug-likeness (QED) is 0.134. The van der Waals surface area contributed by atoms with Gasteiger partial charge in [-0.25, -0.2) is 4.79 Å². The van der Waals surface area contributed by atoms with Crippen LogP contribution in [0.1, 0.15) is 132 Å². The van der Waals surface area contributed by atoms with Gasteiger partial charge in [0.1, 0.15) is 5.57 Å². The molecule has 4 aromatic carbocycles. The van der Waals surface area contributed by atoms with Crippen molar-refractivity contribution in [2.45, 2.75) is 144 Å². The number of barbiturate groups is 1. The van der Waals surface area contributed by atoms with E-state index in [1.807, 2.05) is 0 Å². The van der Waals surface area contributed by atoms with Crippen LogP contribution in [0, 0.1) is 22.7 Å². The number of anilines is 2. The molecule has 0 bridgehead atoms. The highest BCUT2D eigenvalue weighted by Gasteiger charge is 2.53. The van der Waals surface area contributed by atoms with Gasteiger partial charge >= 0.3 is 6.03 Å². The predicted molar refractivity (Wildman–Crippen MR) is 292 cm³/mol. The van der Waals surface area contributed by atoms with Gasteiger partial charge in [-0.15, -0.1) is 0 Å². The van der Waals surface area contributed by atoms with Crippen LogP contribution < -0.4 is 9.80 Å². The van der Waals surface area contributed by atoms with Gasteiger partial charge in [0.2, 0.25) is 0 Å². The fourth-order valence-electron chi connectivity index (χ4n) is 15.0. The van der Waals surface area contributed by atoms with Gasteiger partial charge in [0.05, 0.1) is 13.2 Å². The monoisotopic (exact) mass is 969 g/mol. The van der Waals surface area contributed by atoms with E-state index in [0.29, 0.717) is 69.0 Å². The van der Waals surface area contributed by atoms with E-state index in [0.717, 1.165) is 57.5 Å². The van der Waals surface area contributed by atoms with Crippen molar-refractivity contribution in [2.75, 3.05) is 36.1 Å². The smallest absolute Gasteiger partial charge is 0.334 e. The Kier molecular flexibility index (Phi) is 12.7. The molecule has 9 heteroatoms. The normalized spacial score (nSPS) is 28.0. The van der Waals surface area contributed by atoms with Gasteiger partial charge < -0.3 is 20.0 Å². The predicted octanol–water partition coefficient (Wildman–Crippen LogP) is 12.8. The lowest BCUT2D eigenvalue weighted by Crippen LogP contribution is -2.64. The van der Waals surface area contributed by atoms with Crippen LogP contribution in [0.25, 0.3) is 21.5 Å². The number of hydrogen-bond acceptors (Lipinski definition) is 7. The molecule has 3 aliphatic heterocycles. The summed E-state index contributed by atoms with van der Waals surface area (Å²) in [5.74, 6) is -0.391. The molecule has 72 heavy (non-hydrogen) atoms. The molecule has 378 valence electrons. The van der Waals surface area contributed by atoms with Gasteiger partial charge in [-0.1, -0.05) is 142 Å². The number of nitrogens with zero attached hydrogens (tertiary/aromatic N) is 4. The van der Waals surface area contributed by atoms with Crippen molar-refractivity contribution in [3.8, 4) is 0 Å². The highest BCUT2D eigenvalue weighted by molar-refractivity contribution is 6.30. The second-order valence-corrected chi connectivity index (χ2v) is 24.9. The average Bonchev–Trinajstić information content (AvgIpc) is 3.87. The number of fused-ring (bicyclic) bond motifs is 6. The number of carbonyl (C=O) groups is 3. The minimum absolute atomic E-state index is 0.0354. The van der Waals surface area contributed by atoms with Crippen molar-refractivity contribution in [3.05, 3.63) is 142 Å². The molecule has 3 aliphatic carbocycles. The van der Waals surface area contributed by atoms with Crippen molar-refractivity contribution in [3.63, 3.8) is 0 Å². The third kappa shape index (κ3) is 8.36. The minimum atomic E-state index is -0.489. The number of urea groups is 1. The second-order valence-electron chi connectivity index (χ2n) is 24.9. The van der Waals surface area contributed by atoms with E-state index in [9.17, 15) is 10.2 Å². The molecule has 6 aliphatic rings. The molecule has 4 atom stereocenters. The Morgan fingerprint density at radius 2 is 0.931 bits per heavy atom. The Balaban J connectivity index is 1.19. The lowest BCUT2D eigenvalue weighted by atomic mass is 9.69. The Morgan fingerprint density at radius 3 is 1.32 bits per heavy atom. The topological polar surface area (TPSA) is 105 Å². The fraction of sp³-hybridized carbons (Fsp3) is 0.476. The van der Waals surface area contributed by atoms with Crippen LogP contribution in [0.3, 0.4) is 0 Å². The maximum absolute atomic E-state index is 15.9. The summed E-state index contributed by atoms with van der Waals surface area (Å²) in [6, 6.07) is 24.4. The first-order chi connectivity index (χ1) is 34.2. The van der Waals surface area contributed by atoms with Crippen molar-refractivity contribution >= 4 is 50.8 Å². The second kappa shape index (κ2) is 18.3. The highest BCUT2D eigenvalue weighted by Crippen LogP contribution is 2.54. The van der Waals surface area contributed by atoms with E-state index in [2.05, 4.69) is 176 Å². The minimum Gasteiger partial charge on any atom is -0.395 e. The summed E-state index contributed by atoms with van der Waals surface area (Å²) in [7, 11) is 0. The van der Waals surface area contributed by atoms with Crippen molar-refractivity contribution < 1.29 is 24.6 Å². The van der Waals surface area contributed by atoms with Crippen LogP contribution >= 0.6 is 0 Å². The number of amides is 4.